The molecule has 0 saturated heterocycles. The Kier molecular flexibility index (Phi) is 6.85. The Balaban J connectivity index is 2.48. The number of rotatable bonds is 5. The summed E-state index contributed by atoms with van der Waals surface area (Å²) in [5.41, 5.74) is -0.768. The van der Waals surface area contributed by atoms with Gasteiger partial charge in [-0.25, -0.2) is 17.5 Å². The van der Waals surface area contributed by atoms with E-state index in [0.29, 0.717) is 5.69 Å². The van der Waals surface area contributed by atoms with E-state index in [1.165, 1.54) is 30.3 Å². The first-order valence-corrected chi connectivity index (χ1v) is 11.2. The van der Waals surface area contributed by atoms with Crippen molar-refractivity contribution in [1.29, 1.82) is 0 Å². The van der Waals surface area contributed by atoms with Gasteiger partial charge in [0.05, 0.1) is 11.4 Å². The zero-order valence-corrected chi connectivity index (χ0v) is 19.4. The molecule has 2 aromatic carbocycles. The topological polar surface area (TPSA) is 87.3 Å². The van der Waals surface area contributed by atoms with E-state index in [4.69, 9.17) is 11.6 Å². The highest BCUT2D eigenvalue weighted by Crippen LogP contribution is 2.28. The predicted octanol–water partition coefficient (Wildman–Crippen LogP) is 5.02. The summed E-state index contributed by atoms with van der Waals surface area (Å²) in [6.07, 6.45) is 0. The molecule has 0 unspecified atom stereocenters. The number of hydrogen-bond acceptors (Lipinski definition) is 4. The van der Waals surface area contributed by atoms with Crippen LogP contribution in [0.15, 0.2) is 41.3 Å². The third-order valence-corrected chi connectivity index (χ3v) is 5.70. The SMILES string of the molecule is CC(C)(C)Nc1ccc(C(=O)Nc2ccc(Cl)cc2F)cc1S(=O)(=O)NC(C)(C)C. The van der Waals surface area contributed by atoms with Gasteiger partial charge in [-0.3, -0.25) is 4.79 Å². The van der Waals surface area contributed by atoms with Crippen molar-refractivity contribution < 1.29 is 17.6 Å². The molecule has 30 heavy (non-hydrogen) atoms. The minimum Gasteiger partial charge on any atom is -0.379 e. The van der Waals surface area contributed by atoms with Gasteiger partial charge in [0, 0.05) is 21.7 Å². The molecule has 0 aliphatic heterocycles. The van der Waals surface area contributed by atoms with Crippen LogP contribution in [0, 0.1) is 5.82 Å². The van der Waals surface area contributed by atoms with E-state index in [2.05, 4.69) is 15.4 Å². The summed E-state index contributed by atoms with van der Waals surface area (Å²) in [5, 5.41) is 5.79. The fourth-order valence-corrected chi connectivity index (χ4v) is 4.40. The minimum absolute atomic E-state index is 0.0569. The van der Waals surface area contributed by atoms with Crippen LogP contribution in [0.3, 0.4) is 0 Å². The standard InChI is InChI=1S/C21H27ClFN3O3S/c1-20(2,3)25-17-9-7-13(11-18(17)30(28,29)26-21(4,5)6)19(27)24-16-10-8-14(22)12-15(16)23/h7-12,25-26H,1-6H3,(H,24,27). The van der Waals surface area contributed by atoms with Crippen molar-refractivity contribution in [3.05, 3.63) is 52.8 Å². The molecule has 2 aromatic rings. The van der Waals surface area contributed by atoms with Crippen LogP contribution in [0.1, 0.15) is 51.9 Å². The van der Waals surface area contributed by atoms with Gasteiger partial charge in [0.25, 0.3) is 5.91 Å². The van der Waals surface area contributed by atoms with Crippen LogP contribution < -0.4 is 15.4 Å². The summed E-state index contributed by atoms with van der Waals surface area (Å²) in [6.45, 7) is 10.9. The summed E-state index contributed by atoms with van der Waals surface area (Å²) in [6, 6.07) is 8.13. The van der Waals surface area contributed by atoms with Gasteiger partial charge in [0.2, 0.25) is 10.0 Å². The van der Waals surface area contributed by atoms with E-state index < -0.39 is 32.8 Å². The van der Waals surface area contributed by atoms with Crippen molar-refractivity contribution in [2.24, 2.45) is 0 Å². The number of nitrogens with one attached hydrogen (secondary N) is 3. The Bertz CT molecular complexity index is 1060. The van der Waals surface area contributed by atoms with E-state index in [9.17, 15) is 17.6 Å². The predicted molar refractivity (Wildman–Crippen MR) is 119 cm³/mol. The van der Waals surface area contributed by atoms with Crippen LogP contribution in [0.25, 0.3) is 0 Å². The molecule has 3 N–H and O–H groups in total. The number of benzene rings is 2. The van der Waals surface area contributed by atoms with Gasteiger partial charge >= 0.3 is 0 Å². The van der Waals surface area contributed by atoms with Crippen molar-refractivity contribution in [1.82, 2.24) is 4.72 Å². The fourth-order valence-electron chi connectivity index (χ4n) is 2.64. The van der Waals surface area contributed by atoms with Crippen molar-refractivity contribution in [3.63, 3.8) is 0 Å². The zero-order valence-electron chi connectivity index (χ0n) is 17.9. The molecule has 1 amide bonds. The molecule has 0 fully saturated rings. The van der Waals surface area contributed by atoms with Crippen LogP contribution in [0.4, 0.5) is 15.8 Å². The molecule has 0 heterocycles. The van der Waals surface area contributed by atoms with E-state index in [1.54, 1.807) is 20.8 Å². The van der Waals surface area contributed by atoms with Gasteiger partial charge in [-0.15, -0.1) is 0 Å². The third kappa shape index (κ3) is 6.68. The lowest BCUT2D eigenvalue weighted by atomic mass is 10.1. The van der Waals surface area contributed by atoms with Gasteiger partial charge in [-0.2, -0.15) is 0 Å². The summed E-state index contributed by atoms with van der Waals surface area (Å²) in [4.78, 5) is 12.6. The van der Waals surface area contributed by atoms with Crippen molar-refractivity contribution in [2.75, 3.05) is 10.6 Å². The van der Waals surface area contributed by atoms with Crippen LogP contribution in [0.2, 0.25) is 5.02 Å². The summed E-state index contributed by atoms with van der Waals surface area (Å²) in [7, 11) is -3.95. The first-order chi connectivity index (χ1) is 13.6. The highest BCUT2D eigenvalue weighted by molar-refractivity contribution is 7.89. The molecule has 0 saturated carbocycles. The van der Waals surface area contributed by atoms with E-state index in [-0.39, 0.29) is 21.2 Å². The van der Waals surface area contributed by atoms with Crippen molar-refractivity contribution in [2.45, 2.75) is 57.5 Å². The second kappa shape index (κ2) is 8.53. The van der Waals surface area contributed by atoms with Crippen LogP contribution in [-0.2, 0) is 10.0 Å². The average molecular weight is 456 g/mol. The molecule has 0 atom stereocenters. The van der Waals surface area contributed by atoms with Crippen LogP contribution >= 0.6 is 11.6 Å². The number of carbonyl (C=O) groups excluding carboxylic acids is 1. The van der Waals surface area contributed by atoms with E-state index in [0.717, 1.165) is 6.07 Å². The lowest BCUT2D eigenvalue weighted by Crippen LogP contribution is -2.41. The van der Waals surface area contributed by atoms with E-state index >= 15 is 0 Å². The molecule has 0 aliphatic rings. The first-order valence-electron chi connectivity index (χ1n) is 9.30. The Morgan fingerprint density at radius 3 is 2.07 bits per heavy atom. The fraction of sp³-hybridized carbons (Fsp3) is 0.381. The first kappa shape index (κ1) is 24.1. The molecular formula is C21H27ClFN3O3S. The largest absolute Gasteiger partial charge is 0.379 e. The number of hydrogen-bond donors (Lipinski definition) is 3. The monoisotopic (exact) mass is 455 g/mol. The number of anilines is 2. The molecule has 2 rings (SSSR count). The highest BCUT2D eigenvalue weighted by atomic mass is 35.5. The molecule has 9 heteroatoms. The quantitative estimate of drug-likeness (QED) is 0.590. The second-order valence-electron chi connectivity index (χ2n) is 9.02. The second-order valence-corrected chi connectivity index (χ2v) is 11.1. The normalized spacial score (nSPS) is 12.5. The highest BCUT2D eigenvalue weighted by Gasteiger charge is 2.27. The van der Waals surface area contributed by atoms with Gasteiger partial charge < -0.3 is 10.6 Å². The minimum atomic E-state index is -3.95. The number of amides is 1. The summed E-state index contributed by atoms with van der Waals surface area (Å²) < 4.78 is 42.7. The molecule has 0 bridgehead atoms. The van der Waals surface area contributed by atoms with Crippen LogP contribution in [0.5, 0.6) is 0 Å². The summed E-state index contributed by atoms with van der Waals surface area (Å²) >= 11 is 5.73. The van der Waals surface area contributed by atoms with Gasteiger partial charge in [0.1, 0.15) is 10.7 Å². The lowest BCUT2D eigenvalue weighted by molar-refractivity contribution is 0.102. The molecule has 164 valence electrons. The number of carbonyl (C=O) groups is 1. The van der Waals surface area contributed by atoms with Gasteiger partial charge in [-0.1, -0.05) is 11.6 Å². The number of halogens is 2. The molecule has 6 nitrogen and oxygen atoms in total. The maximum absolute atomic E-state index is 14.0. The molecule has 0 spiro atoms. The molecule has 0 aromatic heterocycles. The Hall–Kier alpha value is -2.16. The third-order valence-electron chi connectivity index (χ3n) is 3.66. The molecular weight excluding hydrogens is 429 g/mol. The molecule has 0 aliphatic carbocycles. The van der Waals surface area contributed by atoms with E-state index in [1.807, 2.05) is 20.8 Å². The Labute approximate surface area is 182 Å². The van der Waals surface area contributed by atoms with Crippen LogP contribution in [-0.4, -0.2) is 25.4 Å². The van der Waals surface area contributed by atoms with Gasteiger partial charge in [0.15, 0.2) is 0 Å². The van der Waals surface area contributed by atoms with Gasteiger partial charge in [-0.05, 0) is 77.9 Å². The van der Waals surface area contributed by atoms with Crippen molar-refractivity contribution in [3.8, 4) is 0 Å². The maximum Gasteiger partial charge on any atom is 0.255 e. The average Bonchev–Trinajstić information content (AvgIpc) is 2.54. The Morgan fingerprint density at radius 2 is 1.53 bits per heavy atom. The number of sulfonamides is 1. The zero-order chi connectivity index (χ0) is 22.9. The Morgan fingerprint density at radius 1 is 0.933 bits per heavy atom. The smallest absolute Gasteiger partial charge is 0.255 e. The lowest BCUT2D eigenvalue weighted by Gasteiger charge is -2.26. The van der Waals surface area contributed by atoms with Crippen molar-refractivity contribution >= 4 is 38.9 Å². The summed E-state index contributed by atoms with van der Waals surface area (Å²) in [5.74, 6) is -1.34. The molecule has 0 radical (unpaired) electrons. The maximum atomic E-state index is 14.0.